The van der Waals surface area contributed by atoms with Crippen molar-refractivity contribution in [2.45, 2.75) is 52.2 Å². The van der Waals surface area contributed by atoms with E-state index in [1.807, 2.05) is 17.6 Å². The fraction of sp³-hybridized carbons (Fsp3) is 0.292. The minimum absolute atomic E-state index is 0.0152. The van der Waals surface area contributed by atoms with E-state index in [0.717, 1.165) is 29.9 Å². The van der Waals surface area contributed by atoms with Crippen LogP contribution in [-0.4, -0.2) is 24.3 Å². The third kappa shape index (κ3) is 3.16. The summed E-state index contributed by atoms with van der Waals surface area (Å²) >= 11 is 4.58. The summed E-state index contributed by atoms with van der Waals surface area (Å²) < 4.78 is 4.30. The second kappa shape index (κ2) is 7.76. The second-order valence-corrected chi connectivity index (χ2v) is 8.09. The van der Waals surface area contributed by atoms with Gasteiger partial charge in [0.05, 0.1) is 11.9 Å². The van der Waals surface area contributed by atoms with E-state index >= 15 is 0 Å². The van der Waals surface area contributed by atoms with Gasteiger partial charge in [-0.2, -0.15) is 0 Å². The summed E-state index contributed by atoms with van der Waals surface area (Å²) in [6, 6.07) is 9.58. The summed E-state index contributed by atoms with van der Waals surface area (Å²) in [5.74, 6) is 0.113. The van der Waals surface area contributed by atoms with Gasteiger partial charge in [-0.15, -0.1) is 12.6 Å². The maximum Gasteiger partial charge on any atom is 0.169 e. The highest BCUT2D eigenvalue weighted by molar-refractivity contribution is 7.80. The normalized spacial score (nSPS) is 11.5. The number of rotatable bonds is 5. The van der Waals surface area contributed by atoms with Crippen LogP contribution in [0.3, 0.4) is 0 Å². The lowest BCUT2D eigenvalue weighted by Crippen LogP contribution is -2.00. The molecular formula is C24H27N3O2S. The van der Waals surface area contributed by atoms with Gasteiger partial charge < -0.3 is 14.8 Å². The molecule has 0 aliphatic heterocycles. The lowest BCUT2D eigenvalue weighted by atomic mass is 10.0. The van der Waals surface area contributed by atoms with Gasteiger partial charge in [0, 0.05) is 40.5 Å². The lowest BCUT2D eigenvalue weighted by molar-refractivity contribution is 0.447. The molecule has 0 spiro atoms. The maximum absolute atomic E-state index is 10.5. The van der Waals surface area contributed by atoms with E-state index in [2.05, 4.69) is 61.2 Å². The van der Waals surface area contributed by atoms with E-state index in [4.69, 9.17) is 0 Å². The molecule has 2 aromatic heterocycles. The first-order valence-corrected chi connectivity index (χ1v) is 10.7. The van der Waals surface area contributed by atoms with Crippen LogP contribution in [0.5, 0.6) is 11.5 Å². The Kier molecular flexibility index (Phi) is 5.28. The molecule has 0 unspecified atom stereocenters. The molecule has 4 rings (SSSR count). The number of aromatic hydroxyl groups is 2. The van der Waals surface area contributed by atoms with Crippen LogP contribution >= 0.6 is 12.6 Å². The zero-order valence-electron chi connectivity index (χ0n) is 17.8. The third-order valence-electron chi connectivity index (χ3n) is 5.92. The fourth-order valence-corrected chi connectivity index (χ4v) is 4.47. The first-order chi connectivity index (χ1) is 14.4. The SMILES string of the molecule is CCCn1c(C)c(C)c2cc(-n3c(-c4cc(CC)c(O)cc4O)cnc3S)ccc21. The number of thiol groups is 1. The van der Waals surface area contributed by atoms with Gasteiger partial charge >= 0.3 is 0 Å². The number of hydrogen-bond acceptors (Lipinski definition) is 4. The van der Waals surface area contributed by atoms with Crippen molar-refractivity contribution in [2.24, 2.45) is 0 Å². The highest BCUT2D eigenvalue weighted by Gasteiger charge is 2.18. The van der Waals surface area contributed by atoms with Crippen molar-refractivity contribution in [3.63, 3.8) is 0 Å². The Morgan fingerprint density at radius 3 is 2.50 bits per heavy atom. The van der Waals surface area contributed by atoms with Gasteiger partial charge in [-0.3, -0.25) is 4.57 Å². The number of aromatic nitrogens is 3. The van der Waals surface area contributed by atoms with Crippen LogP contribution in [-0.2, 0) is 13.0 Å². The molecule has 0 fully saturated rings. The van der Waals surface area contributed by atoms with Gasteiger partial charge in [-0.05, 0) is 62.1 Å². The highest BCUT2D eigenvalue weighted by atomic mass is 32.1. The molecule has 0 atom stereocenters. The predicted octanol–water partition coefficient (Wildman–Crippen LogP) is 5.78. The van der Waals surface area contributed by atoms with Crippen molar-refractivity contribution >= 4 is 23.5 Å². The van der Waals surface area contributed by atoms with Crippen molar-refractivity contribution in [3.8, 4) is 28.4 Å². The van der Waals surface area contributed by atoms with Crippen LogP contribution in [0.15, 0.2) is 41.7 Å². The van der Waals surface area contributed by atoms with Gasteiger partial charge in [0.1, 0.15) is 11.5 Å². The van der Waals surface area contributed by atoms with E-state index < -0.39 is 0 Å². The largest absolute Gasteiger partial charge is 0.508 e. The van der Waals surface area contributed by atoms with Crippen LogP contribution in [0.1, 0.15) is 37.1 Å². The Morgan fingerprint density at radius 1 is 1.03 bits per heavy atom. The minimum Gasteiger partial charge on any atom is -0.508 e. The number of fused-ring (bicyclic) bond motifs is 1. The quantitative estimate of drug-likeness (QED) is 0.358. The van der Waals surface area contributed by atoms with Gasteiger partial charge in [-0.25, -0.2) is 4.98 Å². The van der Waals surface area contributed by atoms with E-state index in [1.54, 1.807) is 6.20 Å². The standard InChI is InChI=1S/C24H27N3O2S/c1-5-9-26-15(4)14(3)18-11-17(7-8-20(18)26)27-21(13-25-24(27)30)19-10-16(6-2)22(28)12-23(19)29/h7-8,10-13,28-29H,5-6,9H2,1-4H3,(H,25,30). The van der Waals surface area contributed by atoms with Crippen LogP contribution in [0.2, 0.25) is 0 Å². The lowest BCUT2D eigenvalue weighted by Gasteiger charge is -2.14. The van der Waals surface area contributed by atoms with Gasteiger partial charge in [-0.1, -0.05) is 13.8 Å². The Labute approximate surface area is 182 Å². The molecule has 4 aromatic rings. The van der Waals surface area contributed by atoms with Crippen LogP contribution in [0.25, 0.3) is 27.8 Å². The average Bonchev–Trinajstić information content (AvgIpc) is 3.21. The van der Waals surface area contributed by atoms with Gasteiger partial charge in [0.15, 0.2) is 5.16 Å². The molecule has 0 saturated heterocycles. The first kappa shape index (κ1) is 20.4. The molecule has 0 aliphatic rings. The van der Waals surface area contributed by atoms with Crippen LogP contribution in [0, 0.1) is 13.8 Å². The van der Waals surface area contributed by atoms with Gasteiger partial charge in [0.25, 0.3) is 0 Å². The number of imidazole rings is 1. The van der Waals surface area contributed by atoms with Crippen molar-refractivity contribution in [1.82, 2.24) is 14.1 Å². The van der Waals surface area contributed by atoms with Crippen molar-refractivity contribution in [1.29, 1.82) is 0 Å². The highest BCUT2D eigenvalue weighted by Crippen LogP contribution is 2.38. The molecule has 0 saturated carbocycles. The summed E-state index contributed by atoms with van der Waals surface area (Å²) in [5, 5.41) is 22.3. The van der Waals surface area contributed by atoms with Gasteiger partial charge in [0.2, 0.25) is 0 Å². The first-order valence-electron chi connectivity index (χ1n) is 10.3. The summed E-state index contributed by atoms with van der Waals surface area (Å²) in [7, 11) is 0. The summed E-state index contributed by atoms with van der Waals surface area (Å²) in [5.41, 5.74) is 6.83. The Balaban J connectivity index is 1.92. The zero-order valence-corrected chi connectivity index (χ0v) is 18.7. The van der Waals surface area contributed by atoms with E-state index in [1.165, 1.54) is 28.2 Å². The summed E-state index contributed by atoms with van der Waals surface area (Å²) in [6.07, 6.45) is 3.45. The number of aryl methyl sites for hydroxylation is 3. The van der Waals surface area contributed by atoms with E-state index in [0.29, 0.717) is 17.1 Å². The summed E-state index contributed by atoms with van der Waals surface area (Å²) in [4.78, 5) is 4.39. The molecule has 0 bridgehead atoms. The molecule has 156 valence electrons. The number of benzene rings is 2. The Morgan fingerprint density at radius 2 is 1.80 bits per heavy atom. The van der Waals surface area contributed by atoms with Crippen molar-refractivity contribution < 1.29 is 10.2 Å². The molecule has 30 heavy (non-hydrogen) atoms. The predicted molar refractivity (Wildman–Crippen MR) is 124 cm³/mol. The monoisotopic (exact) mass is 421 g/mol. The molecule has 2 N–H and O–H groups in total. The molecule has 0 aliphatic carbocycles. The molecule has 2 aromatic carbocycles. The smallest absolute Gasteiger partial charge is 0.169 e. The molecular weight excluding hydrogens is 394 g/mol. The van der Waals surface area contributed by atoms with E-state index in [-0.39, 0.29) is 11.5 Å². The Bertz CT molecular complexity index is 1250. The molecule has 0 amide bonds. The topological polar surface area (TPSA) is 63.2 Å². The van der Waals surface area contributed by atoms with Crippen molar-refractivity contribution in [3.05, 3.63) is 53.3 Å². The molecule has 6 heteroatoms. The molecule has 5 nitrogen and oxygen atoms in total. The minimum atomic E-state index is 0.0152. The molecule has 2 heterocycles. The fourth-order valence-electron chi connectivity index (χ4n) is 4.19. The van der Waals surface area contributed by atoms with Crippen LogP contribution < -0.4 is 0 Å². The molecule has 0 radical (unpaired) electrons. The maximum atomic E-state index is 10.5. The summed E-state index contributed by atoms with van der Waals surface area (Å²) in [6.45, 7) is 9.47. The third-order valence-corrected chi connectivity index (χ3v) is 6.24. The number of nitrogens with zero attached hydrogens (tertiary/aromatic N) is 3. The van der Waals surface area contributed by atoms with Crippen molar-refractivity contribution in [2.75, 3.05) is 0 Å². The average molecular weight is 422 g/mol. The van der Waals surface area contributed by atoms with E-state index in [9.17, 15) is 10.2 Å². The zero-order chi connectivity index (χ0) is 21.6. The number of phenols is 2. The van der Waals surface area contributed by atoms with Crippen LogP contribution in [0.4, 0.5) is 0 Å². The number of hydrogen-bond donors (Lipinski definition) is 3. The number of phenolic OH excluding ortho intramolecular Hbond substituents is 2. The second-order valence-electron chi connectivity index (χ2n) is 7.69. The Hall–Kier alpha value is -2.86.